The van der Waals surface area contributed by atoms with Crippen molar-refractivity contribution >= 4 is 27.5 Å². The monoisotopic (exact) mass is 367 g/mol. The molecule has 2 aromatic rings. The zero-order valence-corrected chi connectivity index (χ0v) is 14.7. The molecule has 3 nitrogen and oxygen atoms in total. The van der Waals surface area contributed by atoms with E-state index < -0.39 is 0 Å². The van der Waals surface area contributed by atoms with Crippen molar-refractivity contribution in [1.29, 1.82) is 0 Å². The van der Waals surface area contributed by atoms with E-state index in [1.165, 1.54) is 25.7 Å². The van der Waals surface area contributed by atoms with Gasteiger partial charge in [-0.3, -0.25) is 4.68 Å². The summed E-state index contributed by atoms with van der Waals surface area (Å²) in [5, 5.41) is 5.07. The van der Waals surface area contributed by atoms with Gasteiger partial charge in [-0.1, -0.05) is 31.4 Å². The molecule has 1 fully saturated rings. The Labute approximate surface area is 138 Å². The molecule has 0 radical (unpaired) electrons. The molecule has 0 saturated heterocycles. The minimum absolute atomic E-state index is 0.398. The second-order valence-electron chi connectivity index (χ2n) is 6.38. The average molecular weight is 369 g/mol. The Hall–Kier alpha value is -0.870. The third-order valence-electron chi connectivity index (χ3n) is 4.40. The van der Waals surface area contributed by atoms with Crippen LogP contribution in [0, 0.1) is 12.3 Å². The van der Waals surface area contributed by atoms with E-state index in [1.54, 1.807) is 0 Å². The van der Waals surface area contributed by atoms with E-state index in [1.807, 2.05) is 13.1 Å². The lowest BCUT2D eigenvalue weighted by molar-refractivity contribution is 0.268. The first-order valence-electron chi connectivity index (χ1n) is 7.32. The van der Waals surface area contributed by atoms with E-state index in [9.17, 15) is 0 Å². The molecule has 2 aromatic heterocycles. The van der Waals surface area contributed by atoms with Gasteiger partial charge >= 0.3 is 0 Å². The van der Waals surface area contributed by atoms with Gasteiger partial charge in [-0.05, 0) is 52.7 Å². The minimum Gasteiger partial charge on any atom is -0.272 e. The van der Waals surface area contributed by atoms with Crippen molar-refractivity contribution in [3.05, 3.63) is 33.8 Å². The quantitative estimate of drug-likeness (QED) is 0.693. The van der Waals surface area contributed by atoms with Gasteiger partial charge in [-0.25, -0.2) is 4.98 Å². The standard InChI is InChI=1S/C16H19BrClN3/c1-11-7-13(14(17)20-15(11)18)12-8-19-21(9-12)10-16(2)5-3-4-6-16/h7-9H,3-6,10H2,1-2H3. The number of rotatable bonds is 3. The summed E-state index contributed by atoms with van der Waals surface area (Å²) >= 11 is 9.54. The minimum atomic E-state index is 0.398. The van der Waals surface area contributed by atoms with Crippen LogP contribution in [-0.4, -0.2) is 14.8 Å². The van der Waals surface area contributed by atoms with Crippen molar-refractivity contribution < 1.29 is 0 Å². The highest BCUT2D eigenvalue weighted by Gasteiger charge is 2.29. The molecular weight excluding hydrogens is 350 g/mol. The molecule has 0 bridgehead atoms. The molecule has 2 heterocycles. The first kappa shape index (κ1) is 15.0. The number of aromatic nitrogens is 3. The summed E-state index contributed by atoms with van der Waals surface area (Å²) in [5.74, 6) is 0. The zero-order chi connectivity index (χ0) is 15.0. The molecule has 1 aliphatic rings. The number of nitrogens with zero attached hydrogens (tertiary/aromatic N) is 3. The van der Waals surface area contributed by atoms with E-state index in [4.69, 9.17) is 11.6 Å². The van der Waals surface area contributed by atoms with Gasteiger partial charge in [-0.15, -0.1) is 0 Å². The summed E-state index contributed by atoms with van der Waals surface area (Å²) in [5.41, 5.74) is 3.50. The van der Waals surface area contributed by atoms with Crippen LogP contribution < -0.4 is 0 Å². The molecular formula is C16H19BrClN3. The highest BCUT2D eigenvalue weighted by molar-refractivity contribution is 9.10. The Balaban J connectivity index is 1.86. The van der Waals surface area contributed by atoms with Crippen LogP contribution in [0.5, 0.6) is 0 Å². The maximum atomic E-state index is 6.05. The molecule has 0 aliphatic heterocycles. The van der Waals surface area contributed by atoms with Crippen LogP contribution in [-0.2, 0) is 6.54 Å². The van der Waals surface area contributed by atoms with Gasteiger partial charge in [0, 0.05) is 23.9 Å². The van der Waals surface area contributed by atoms with Crippen molar-refractivity contribution in [3.8, 4) is 11.1 Å². The molecule has 0 spiro atoms. The van der Waals surface area contributed by atoms with Crippen molar-refractivity contribution in [1.82, 2.24) is 14.8 Å². The molecule has 1 aliphatic carbocycles. The van der Waals surface area contributed by atoms with Gasteiger partial charge in [-0.2, -0.15) is 5.10 Å². The summed E-state index contributed by atoms with van der Waals surface area (Å²) < 4.78 is 2.83. The average Bonchev–Trinajstić information content (AvgIpc) is 3.04. The Bertz CT molecular complexity index is 660. The highest BCUT2D eigenvalue weighted by atomic mass is 79.9. The lowest BCUT2D eigenvalue weighted by atomic mass is 9.89. The Kier molecular flexibility index (Phi) is 4.10. The lowest BCUT2D eigenvalue weighted by Gasteiger charge is -2.22. The lowest BCUT2D eigenvalue weighted by Crippen LogP contribution is -2.19. The Morgan fingerprint density at radius 1 is 1.38 bits per heavy atom. The summed E-state index contributed by atoms with van der Waals surface area (Å²) in [6.45, 7) is 5.32. The van der Waals surface area contributed by atoms with Crippen LogP contribution >= 0.6 is 27.5 Å². The van der Waals surface area contributed by atoms with Crippen molar-refractivity contribution in [2.45, 2.75) is 46.1 Å². The van der Waals surface area contributed by atoms with E-state index in [0.717, 1.165) is 27.8 Å². The largest absolute Gasteiger partial charge is 0.272 e. The van der Waals surface area contributed by atoms with E-state index in [-0.39, 0.29) is 0 Å². The molecule has 0 N–H and O–H groups in total. The Morgan fingerprint density at radius 2 is 2.10 bits per heavy atom. The zero-order valence-electron chi connectivity index (χ0n) is 12.4. The fourth-order valence-corrected chi connectivity index (χ4v) is 3.90. The topological polar surface area (TPSA) is 30.7 Å². The highest BCUT2D eigenvalue weighted by Crippen LogP contribution is 2.39. The molecule has 1 saturated carbocycles. The van der Waals surface area contributed by atoms with Crippen LogP contribution in [0.2, 0.25) is 5.15 Å². The molecule has 112 valence electrons. The van der Waals surface area contributed by atoms with E-state index in [0.29, 0.717) is 10.6 Å². The van der Waals surface area contributed by atoms with Crippen LogP contribution in [0.1, 0.15) is 38.2 Å². The Morgan fingerprint density at radius 3 is 2.81 bits per heavy atom. The third kappa shape index (κ3) is 3.16. The van der Waals surface area contributed by atoms with Gasteiger partial charge in [0.05, 0.1) is 6.20 Å². The van der Waals surface area contributed by atoms with Gasteiger partial charge in [0.2, 0.25) is 0 Å². The summed E-state index contributed by atoms with van der Waals surface area (Å²) in [4.78, 5) is 4.32. The third-order valence-corrected chi connectivity index (χ3v) is 5.39. The molecule has 0 aromatic carbocycles. The molecule has 0 amide bonds. The molecule has 0 unspecified atom stereocenters. The van der Waals surface area contributed by atoms with Crippen LogP contribution in [0.3, 0.4) is 0 Å². The van der Waals surface area contributed by atoms with Gasteiger partial charge in [0.25, 0.3) is 0 Å². The fourth-order valence-electron chi connectivity index (χ4n) is 3.14. The molecule has 5 heteroatoms. The summed E-state index contributed by atoms with van der Waals surface area (Å²) in [6.07, 6.45) is 9.31. The fraction of sp³-hybridized carbons (Fsp3) is 0.500. The predicted molar refractivity (Wildman–Crippen MR) is 89.5 cm³/mol. The number of halogens is 2. The van der Waals surface area contributed by atoms with Crippen LogP contribution in [0.4, 0.5) is 0 Å². The first-order valence-corrected chi connectivity index (χ1v) is 8.49. The molecule has 21 heavy (non-hydrogen) atoms. The van der Waals surface area contributed by atoms with E-state index >= 15 is 0 Å². The SMILES string of the molecule is Cc1cc(-c2cnn(CC3(C)CCCC3)c2)c(Br)nc1Cl. The smallest absolute Gasteiger partial charge is 0.133 e. The molecule has 0 atom stereocenters. The second-order valence-corrected chi connectivity index (χ2v) is 7.49. The summed E-state index contributed by atoms with van der Waals surface area (Å²) in [7, 11) is 0. The number of pyridine rings is 1. The van der Waals surface area contributed by atoms with Crippen LogP contribution in [0.15, 0.2) is 23.1 Å². The summed E-state index contributed by atoms with van der Waals surface area (Å²) in [6, 6.07) is 2.05. The maximum Gasteiger partial charge on any atom is 0.133 e. The number of aryl methyl sites for hydroxylation is 1. The first-order chi connectivity index (χ1) is 9.97. The van der Waals surface area contributed by atoms with Crippen molar-refractivity contribution in [3.63, 3.8) is 0 Å². The van der Waals surface area contributed by atoms with Crippen molar-refractivity contribution in [2.24, 2.45) is 5.41 Å². The van der Waals surface area contributed by atoms with Crippen molar-refractivity contribution in [2.75, 3.05) is 0 Å². The maximum absolute atomic E-state index is 6.05. The number of hydrogen-bond acceptors (Lipinski definition) is 2. The van der Waals surface area contributed by atoms with Gasteiger partial charge in [0.15, 0.2) is 0 Å². The van der Waals surface area contributed by atoms with Gasteiger partial charge < -0.3 is 0 Å². The van der Waals surface area contributed by atoms with E-state index in [2.05, 4.69) is 49.9 Å². The van der Waals surface area contributed by atoms with Gasteiger partial charge in [0.1, 0.15) is 9.76 Å². The number of hydrogen-bond donors (Lipinski definition) is 0. The second kappa shape index (κ2) is 5.73. The normalized spacial score (nSPS) is 17.3. The predicted octanol–water partition coefficient (Wildman–Crippen LogP) is 5.25. The van der Waals surface area contributed by atoms with Crippen LogP contribution in [0.25, 0.3) is 11.1 Å². The molecule has 3 rings (SSSR count).